The molecule has 0 aliphatic heterocycles. The first-order valence-corrected chi connectivity index (χ1v) is 6.86. The predicted molar refractivity (Wildman–Crippen MR) is 76.4 cm³/mol. The van der Waals surface area contributed by atoms with E-state index in [-0.39, 0.29) is 18.0 Å². The average molecular weight is 278 g/mol. The van der Waals surface area contributed by atoms with Crippen LogP contribution in [-0.2, 0) is 0 Å². The Bertz CT molecular complexity index is 622. The van der Waals surface area contributed by atoms with Crippen LogP contribution in [0.5, 0.6) is 0 Å². The number of aromatic nitrogens is 1. The number of amides is 1. The van der Waals surface area contributed by atoms with Crippen molar-refractivity contribution in [2.24, 2.45) is 5.73 Å². The van der Waals surface area contributed by atoms with Crippen molar-refractivity contribution in [3.8, 4) is 0 Å². The van der Waals surface area contributed by atoms with Crippen LogP contribution in [-0.4, -0.2) is 23.0 Å². The Morgan fingerprint density at radius 3 is 2.95 bits per heavy atom. The molecule has 1 saturated carbocycles. The fraction of sp³-hybridized carbons (Fsp3) is 0.357. The molecule has 1 aliphatic rings. The summed E-state index contributed by atoms with van der Waals surface area (Å²) in [6, 6.07) is 7.48. The Hall–Kier alpha value is -1.52. The van der Waals surface area contributed by atoms with E-state index in [0.717, 1.165) is 30.2 Å². The molecule has 1 aliphatic carbocycles. The van der Waals surface area contributed by atoms with Crippen LogP contribution in [0.2, 0.25) is 5.02 Å². The molecular formula is C14H16ClN3O. The van der Waals surface area contributed by atoms with Gasteiger partial charge in [0.25, 0.3) is 5.91 Å². The molecule has 1 fully saturated rings. The molecule has 2 atom stereocenters. The van der Waals surface area contributed by atoms with Gasteiger partial charge < -0.3 is 16.0 Å². The van der Waals surface area contributed by atoms with E-state index in [1.54, 1.807) is 6.07 Å². The highest BCUT2D eigenvalue weighted by Gasteiger charge is 2.26. The molecule has 3 rings (SSSR count). The number of nitrogens with two attached hydrogens (primary N) is 1. The first kappa shape index (κ1) is 12.5. The molecule has 1 amide bonds. The highest BCUT2D eigenvalue weighted by molar-refractivity contribution is 6.31. The molecule has 4 N–H and O–H groups in total. The van der Waals surface area contributed by atoms with Gasteiger partial charge in [0.15, 0.2) is 0 Å². The van der Waals surface area contributed by atoms with E-state index in [2.05, 4.69) is 10.3 Å². The van der Waals surface area contributed by atoms with Gasteiger partial charge in [0, 0.05) is 28.0 Å². The first-order chi connectivity index (χ1) is 9.13. The van der Waals surface area contributed by atoms with Gasteiger partial charge >= 0.3 is 0 Å². The van der Waals surface area contributed by atoms with Crippen molar-refractivity contribution in [2.75, 3.05) is 0 Å². The number of benzene rings is 1. The van der Waals surface area contributed by atoms with Gasteiger partial charge in [0.1, 0.15) is 5.69 Å². The Labute approximate surface area is 116 Å². The van der Waals surface area contributed by atoms with Crippen LogP contribution < -0.4 is 11.1 Å². The summed E-state index contributed by atoms with van der Waals surface area (Å²) in [7, 11) is 0. The topological polar surface area (TPSA) is 70.9 Å². The van der Waals surface area contributed by atoms with Gasteiger partial charge in [-0.2, -0.15) is 0 Å². The summed E-state index contributed by atoms with van der Waals surface area (Å²) in [5.74, 6) is -0.102. The maximum Gasteiger partial charge on any atom is 0.268 e. The molecular weight excluding hydrogens is 262 g/mol. The van der Waals surface area contributed by atoms with E-state index in [4.69, 9.17) is 17.3 Å². The van der Waals surface area contributed by atoms with Crippen LogP contribution >= 0.6 is 11.6 Å². The summed E-state index contributed by atoms with van der Waals surface area (Å²) >= 11 is 5.93. The van der Waals surface area contributed by atoms with Crippen LogP contribution in [0.1, 0.15) is 29.8 Å². The smallest absolute Gasteiger partial charge is 0.268 e. The number of halogens is 1. The van der Waals surface area contributed by atoms with E-state index in [0.29, 0.717) is 10.7 Å². The Balaban J connectivity index is 1.81. The Kier molecular flexibility index (Phi) is 3.21. The second-order valence-electron chi connectivity index (χ2n) is 5.09. The van der Waals surface area contributed by atoms with Gasteiger partial charge in [0.05, 0.1) is 0 Å². The molecule has 1 heterocycles. The highest BCUT2D eigenvalue weighted by Crippen LogP contribution is 2.21. The monoisotopic (exact) mass is 277 g/mol. The lowest BCUT2D eigenvalue weighted by atomic mass is 10.2. The molecule has 0 saturated heterocycles. The lowest BCUT2D eigenvalue weighted by Gasteiger charge is -2.16. The molecule has 1 aromatic carbocycles. The normalized spacial score (nSPS) is 22.8. The van der Waals surface area contributed by atoms with Crippen LogP contribution in [0.3, 0.4) is 0 Å². The van der Waals surface area contributed by atoms with Crippen molar-refractivity contribution in [3.63, 3.8) is 0 Å². The predicted octanol–water partition coefficient (Wildman–Crippen LogP) is 2.43. The lowest BCUT2D eigenvalue weighted by molar-refractivity contribution is 0.0930. The number of aromatic amines is 1. The second-order valence-corrected chi connectivity index (χ2v) is 5.53. The minimum absolute atomic E-state index is 0.0720. The number of rotatable bonds is 2. The number of hydrogen-bond donors (Lipinski definition) is 3. The minimum atomic E-state index is -0.102. The van der Waals surface area contributed by atoms with E-state index in [1.165, 1.54) is 0 Å². The van der Waals surface area contributed by atoms with Crippen molar-refractivity contribution in [3.05, 3.63) is 35.0 Å². The number of nitrogens with one attached hydrogen (secondary N) is 2. The van der Waals surface area contributed by atoms with Gasteiger partial charge in [-0.25, -0.2) is 0 Å². The third kappa shape index (κ3) is 2.46. The zero-order valence-corrected chi connectivity index (χ0v) is 11.2. The summed E-state index contributed by atoms with van der Waals surface area (Å²) in [5, 5.41) is 4.59. The SMILES string of the molecule is NC1CCCC1NC(=O)c1cc2cc(Cl)ccc2[nH]1. The van der Waals surface area contributed by atoms with E-state index in [9.17, 15) is 4.79 Å². The molecule has 100 valence electrons. The van der Waals surface area contributed by atoms with Crippen LogP contribution in [0.15, 0.2) is 24.3 Å². The van der Waals surface area contributed by atoms with Gasteiger partial charge in [-0.1, -0.05) is 11.6 Å². The maximum absolute atomic E-state index is 12.2. The molecule has 0 spiro atoms. The number of fused-ring (bicyclic) bond motifs is 1. The van der Waals surface area contributed by atoms with Crippen LogP contribution in [0.4, 0.5) is 0 Å². The number of H-pyrrole nitrogens is 1. The third-order valence-electron chi connectivity index (χ3n) is 3.71. The maximum atomic E-state index is 12.2. The molecule has 2 unspecified atom stereocenters. The third-order valence-corrected chi connectivity index (χ3v) is 3.95. The molecule has 19 heavy (non-hydrogen) atoms. The van der Waals surface area contributed by atoms with Crippen molar-refractivity contribution in [2.45, 2.75) is 31.3 Å². The average Bonchev–Trinajstić information content (AvgIpc) is 2.96. The van der Waals surface area contributed by atoms with Gasteiger partial charge in [-0.05, 0) is 43.5 Å². The summed E-state index contributed by atoms with van der Waals surface area (Å²) in [5.41, 5.74) is 7.42. The van der Waals surface area contributed by atoms with E-state index < -0.39 is 0 Å². The van der Waals surface area contributed by atoms with Crippen LogP contribution in [0, 0.1) is 0 Å². The summed E-state index contributed by atoms with van der Waals surface area (Å²) in [4.78, 5) is 15.3. The zero-order chi connectivity index (χ0) is 13.4. The summed E-state index contributed by atoms with van der Waals surface area (Å²) in [6.07, 6.45) is 3.01. The van der Waals surface area contributed by atoms with Crippen molar-refractivity contribution in [1.82, 2.24) is 10.3 Å². The fourth-order valence-corrected chi connectivity index (χ4v) is 2.82. The molecule has 0 bridgehead atoms. The Morgan fingerprint density at radius 2 is 2.21 bits per heavy atom. The standard InChI is InChI=1S/C14H16ClN3O/c15-9-4-5-11-8(6-9)7-13(17-11)14(19)18-12-3-1-2-10(12)16/h4-7,10,12,17H,1-3,16H2,(H,18,19). The van der Waals surface area contributed by atoms with Crippen molar-refractivity contribution in [1.29, 1.82) is 0 Å². The fourth-order valence-electron chi connectivity index (χ4n) is 2.64. The van der Waals surface area contributed by atoms with Crippen molar-refractivity contribution < 1.29 is 4.79 Å². The van der Waals surface area contributed by atoms with Gasteiger partial charge in [0.2, 0.25) is 0 Å². The summed E-state index contributed by atoms with van der Waals surface area (Å²) < 4.78 is 0. The number of carbonyl (C=O) groups excluding carboxylic acids is 1. The molecule has 2 aromatic rings. The molecule has 5 heteroatoms. The molecule has 0 radical (unpaired) electrons. The van der Waals surface area contributed by atoms with Gasteiger partial charge in [-0.3, -0.25) is 4.79 Å². The van der Waals surface area contributed by atoms with Crippen molar-refractivity contribution >= 4 is 28.4 Å². The van der Waals surface area contributed by atoms with Crippen LogP contribution in [0.25, 0.3) is 10.9 Å². The van der Waals surface area contributed by atoms with E-state index in [1.807, 2.05) is 18.2 Å². The minimum Gasteiger partial charge on any atom is -0.351 e. The van der Waals surface area contributed by atoms with Gasteiger partial charge in [-0.15, -0.1) is 0 Å². The summed E-state index contributed by atoms with van der Waals surface area (Å²) in [6.45, 7) is 0. The number of carbonyl (C=O) groups is 1. The Morgan fingerprint density at radius 1 is 1.37 bits per heavy atom. The second kappa shape index (κ2) is 4.87. The first-order valence-electron chi connectivity index (χ1n) is 6.48. The lowest BCUT2D eigenvalue weighted by Crippen LogP contribution is -2.44. The largest absolute Gasteiger partial charge is 0.351 e. The zero-order valence-electron chi connectivity index (χ0n) is 10.4. The number of hydrogen-bond acceptors (Lipinski definition) is 2. The molecule has 4 nitrogen and oxygen atoms in total. The highest BCUT2D eigenvalue weighted by atomic mass is 35.5. The molecule has 1 aromatic heterocycles. The van der Waals surface area contributed by atoms with E-state index >= 15 is 0 Å². The quantitative estimate of drug-likeness (QED) is 0.789.